The predicted molar refractivity (Wildman–Crippen MR) is 230 cm³/mol. The SMILES string of the molecule is c1ccc(C2=NC(c3ccccc3)NC(c3cc(-c4ccccc4)cc4oc5cc(-n6c7ccccc7c7c(-c8ccccc8)cccc76)ccc5c34)N2)cc1. The lowest BCUT2D eigenvalue weighted by Crippen LogP contribution is -2.45. The molecule has 5 heteroatoms. The summed E-state index contributed by atoms with van der Waals surface area (Å²) < 4.78 is 9.30. The minimum Gasteiger partial charge on any atom is -0.456 e. The van der Waals surface area contributed by atoms with Crippen molar-refractivity contribution < 1.29 is 4.42 Å². The molecule has 0 fully saturated rings. The highest BCUT2D eigenvalue weighted by molar-refractivity contribution is 6.16. The van der Waals surface area contributed by atoms with Gasteiger partial charge in [0.1, 0.15) is 29.3 Å². The first kappa shape index (κ1) is 32.2. The average Bonchev–Trinajstić information content (AvgIpc) is 3.82. The van der Waals surface area contributed by atoms with Crippen LogP contribution in [0, 0.1) is 0 Å². The van der Waals surface area contributed by atoms with Crippen LogP contribution >= 0.6 is 0 Å². The molecule has 11 rings (SSSR count). The van der Waals surface area contributed by atoms with Crippen LogP contribution in [0.25, 0.3) is 71.7 Å². The minimum atomic E-state index is -0.270. The summed E-state index contributed by atoms with van der Waals surface area (Å²) in [7, 11) is 0. The second kappa shape index (κ2) is 13.3. The van der Waals surface area contributed by atoms with Crippen molar-refractivity contribution in [3.05, 3.63) is 211 Å². The Balaban J connectivity index is 1.11. The zero-order valence-electron chi connectivity index (χ0n) is 30.4. The molecule has 5 nitrogen and oxygen atoms in total. The molecule has 56 heavy (non-hydrogen) atoms. The molecule has 1 aliphatic heterocycles. The molecule has 10 aromatic rings. The van der Waals surface area contributed by atoms with E-state index in [1.165, 1.54) is 21.9 Å². The van der Waals surface area contributed by atoms with Gasteiger partial charge in [0.05, 0.1) is 11.0 Å². The van der Waals surface area contributed by atoms with Crippen molar-refractivity contribution in [2.75, 3.05) is 0 Å². The van der Waals surface area contributed by atoms with Crippen LogP contribution in [-0.4, -0.2) is 10.4 Å². The van der Waals surface area contributed by atoms with Gasteiger partial charge in [-0.2, -0.15) is 0 Å². The van der Waals surface area contributed by atoms with Crippen molar-refractivity contribution in [3.63, 3.8) is 0 Å². The van der Waals surface area contributed by atoms with Crippen LogP contribution in [0.2, 0.25) is 0 Å². The number of hydrogen-bond donors (Lipinski definition) is 2. The Kier molecular flexibility index (Phi) is 7.64. The van der Waals surface area contributed by atoms with Crippen LogP contribution in [0.15, 0.2) is 204 Å². The first-order valence-corrected chi connectivity index (χ1v) is 19.1. The van der Waals surface area contributed by atoms with Crippen LogP contribution in [0.4, 0.5) is 0 Å². The topological polar surface area (TPSA) is 54.5 Å². The van der Waals surface area contributed by atoms with Gasteiger partial charge in [-0.05, 0) is 64.2 Å². The summed E-state index contributed by atoms with van der Waals surface area (Å²) in [6, 6.07) is 68.5. The van der Waals surface area contributed by atoms with Crippen LogP contribution < -0.4 is 10.6 Å². The van der Waals surface area contributed by atoms with Crippen molar-refractivity contribution in [3.8, 4) is 27.9 Å². The number of rotatable bonds is 6. The molecule has 8 aromatic carbocycles. The summed E-state index contributed by atoms with van der Waals surface area (Å²) in [5.41, 5.74) is 12.9. The molecule has 266 valence electrons. The molecule has 2 aromatic heterocycles. The fourth-order valence-corrected chi connectivity index (χ4v) is 8.51. The fourth-order valence-electron chi connectivity index (χ4n) is 8.51. The Labute approximate surface area is 324 Å². The maximum atomic E-state index is 6.93. The van der Waals surface area contributed by atoms with Crippen molar-refractivity contribution in [2.45, 2.75) is 12.3 Å². The number of fused-ring (bicyclic) bond motifs is 6. The number of aliphatic imine (C=N–C) groups is 1. The molecular formula is C51H36N4O. The van der Waals surface area contributed by atoms with E-state index < -0.39 is 0 Å². The number of furan rings is 1. The number of amidine groups is 1. The Morgan fingerprint density at radius 3 is 1.91 bits per heavy atom. The Hall–Kier alpha value is -7.21. The number of para-hydroxylation sites is 1. The third-order valence-electron chi connectivity index (χ3n) is 11.1. The van der Waals surface area contributed by atoms with Crippen LogP contribution in [0.3, 0.4) is 0 Å². The highest BCUT2D eigenvalue weighted by atomic mass is 16.3. The summed E-state index contributed by atoms with van der Waals surface area (Å²) >= 11 is 0. The van der Waals surface area contributed by atoms with Crippen LogP contribution in [0.5, 0.6) is 0 Å². The first-order valence-electron chi connectivity index (χ1n) is 19.1. The number of benzene rings is 8. The van der Waals surface area contributed by atoms with E-state index in [0.29, 0.717) is 0 Å². The molecule has 2 atom stereocenters. The highest BCUT2D eigenvalue weighted by Gasteiger charge is 2.29. The van der Waals surface area contributed by atoms with E-state index in [0.717, 1.165) is 72.3 Å². The molecule has 0 saturated heterocycles. The van der Waals surface area contributed by atoms with Crippen molar-refractivity contribution in [1.29, 1.82) is 0 Å². The van der Waals surface area contributed by atoms with Gasteiger partial charge in [-0.3, -0.25) is 5.32 Å². The summed E-state index contributed by atoms with van der Waals surface area (Å²) in [6.45, 7) is 0. The number of nitrogens with zero attached hydrogens (tertiary/aromatic N) is 2. The molecule has 0 amide bonds. The maximum Gasteiger partial charge on any atom is 0.137 e. The van der Waals surface area contributed by atoms with Gasteiger partial charge in [0.25, 0.3) is 0 Å². The second-order valence-corrected chi connectivity index (χ2v) is 14.4. The van der Waals surface area contributed by atoms with Gasteiger partial charge in [0.15, 0.2) is 0 Å². The van der Waals surface area contributed by atoms with E-state index >= 15 is 0 Å². The molecule has 0 saturated carbocycles. The van der Waals surface area contributed by atoms with Gasteiger partial charge < -0.3 is 14.3 Å². The molecule has 1 aliphatic rings. The predicted octanol–water partition coefficient (Wildman–Crippen LogP) is 12.4. The lowest BCUT2D eigenvalue weighted by atomic mass is 9.96. The molecule has 0 spiro atoms. The number of hydrogen-bond acceptors (Lipinski definition) is 4. The third-order valence-corrected chi connectivity index (χ3v) is 11.1. The van der Waals surface area contributed by atoms with Gasteiger partial charge >= 0.3 is 0 Å². The zero-order chi connectivity index (χ0) is 37.0. The fraction of sp³-hybridized carbons (Fsp3) is 0.0392. The van der Waals surface area contributed by atoms with E-state index in [1.807, 2.05) is 12.1 Å². The highest BCUT2D eigenvalue weighted by Crippen LogP contribution is 2.42. The van der Waals surface area contributed by atoms with Gasteiger partial charge in [0.2, 0.25) is 0 Å². The van der Waals surface area contributed by atoms with Crippen LogP contribution in [-0.2, 0) is 0 Å². The van der Waals surface area contributed by atoms with Gasteiger partial charge in [-0.1, -0.05) is 152 Å². The standard InChI is InChI=1S/C51H36N4O/c1-5-16-33(17-6-1)37-30-42(51-53-49(35-20-9-3-10-21-35)52-50(54-51)36-22-11-4-12-23-36)48-41-29-28-38(32-45(41)56-46(48)31-37)55-43-26-14-13-24-40(43)47-39(25-15-27-44(47)55)34-18-7-2-8-19-34/h1-32,49,51,53H,(H,52,54). The average molecular weight is 721 g/mol. The molecule has 0 bridgehead atoms. The summed E-state index contributed by atoms with van der Waals surface area (Å²) in [5.74, 6) is 0.845. The largest absolute Gasteiger partial charge is 0.456 e. The Morgan fingerprint density at radius 2 is 1.14 bits per heavy atom. The third kappa shape index (κ3) is 5.40. The molecule has 0 aliphatic carbocycles. The van der Waals surface area contributed by atoms with Gasteiger partial charge in [-0.15, -0.1) is 0 Å². The summed E-state index contributed by atoms with van der Waals surface area (Å²) in [5, 5.41) is 12.3. The first-order chi connectivity index (χ1) is 27.8. The second-order valence-electron chi connectivity index (χ2n) is 14.4. The number of aromatic nitrogens is 1. The van der Waals surface area contributed by atoms with E-state index in [-0.39, 0.29) is 12.3 Å². The van der Waals surface area contributed by atoms with E-state index in [1.54, 1.807) is 0 Å². The smallest absolute Gasteiger partial charge is 0.137 e. The minimum absolute atomic E-state index is 0.256. The molecular weight excluding hydrogens is 685 g/mol. The van der Waals surface area contributed by atoms with Crippen molar-refractivity contribution in [2.24, 2.45) is 4.99 Å². The van der Waals surface area contributed by atoms with E-state index in [4.69, 9.17) is 9.41 Å². The molecule has 0 radical (unpaired) electrons. The summed E-state index contributed by atoms with van der Waals surface area (Å²) in [4.78, 5) is 5.19. The van der Waals surface area contributed by atoms with Gasteiger partial charge in [0, 0.05) is 44.4 Å². The normalized spacial score (nSPS) is 15.7. The number of nitrogens with one attached hydrogen (secondary N) is 2. The Bertz CT molecular complexity index is 3080. The molecule has 3 heterocycles. The van der Waals surface area contributed by atoms with E-state index in [9.17, 15) is 0 Å². The van der Waals surface area contributed by atoms with Crippen LogP contribution in [0.1, 0.15) is 29.0 Å². The molecule has 2 unspecified atom stereocenters. The maximum absolute atomic E-state index is 6.93. The zero-order valence-corrected chi connectivity index (χ0v) is 30.4. The van der Waals surface area contributed by atoms with Crippen molar-refractivity contribution >= 4 is 49.6 Å². The van der Waals surface area contributed by atoms with Crippen molar-refractivity contribution in [1.82, 2.24) is 15.2 Å². The summed E-state index contributed by atoms with van der Waals surface area (Å²) in [6.07, 6.45) is -0.526. The lowest BCUT2D eigenvalue weighted by Gasteiger charge is -2.32. The molecule has 2 N–H and O–H groups in total. The Morgan fingerprint density at radius 1 is 0.482 bits per heavy atom. The monoisotopic (exact) mass is 720 g/mol. The van der Waals surface area contributed by atoms with E-state index in [2.05, 4.69) is 197 Å². The lowest BCUT2D eigenvalue weighted by molar-refractivity contribution is 0.411. The quantitative estimate of drug-likeness (QED) is 0.180. The van der Waals surface area contributed by atoms with Gasteiger partial charge in [-0.25, -0.2) is 4.99 Å².